The lowest BCUT2D eigenvalue weighted by Crippen LogP contribution is -2.35. The molecule has 1 aromatic carbocycles. The topological polar surface area (TPSA) is 53.4 Å². The highest BCUT2D eigenvalue weighted by molar-refractivity contribution is 6.35. The van der Waals surface area contributed by atoms with Crippen molar-refractivity contribution in [2.24, 2.45) is 0 Å². The summed E-state index contributed by atoms with van der Waals surface area (Å²) in [5, 5.41) is 10.8. The lowest BCUT2D eigenvalue weighted by Gasteiger charge is -2.21. The van der Waals surface area contributed by atoms with Gasteiger partial charge in [0.2, 0.25) is 0 Å². The van der Waals surface area contributed by atoms with Crippen molar-refractivity contribution in [3.63, 3.8) is 0 Å². The van der Waals surface area contributed by atoms with Crippen molar-refractivity contribution in [3.05, 3.63) is 41.0 Å². The second-order valence-electron chi connectivity index (χ2n) is 5.07. The predicted octanol–water partition coefficient (Wildman–Crippen LogP) is 2.94. The number of carboxylic acid groups (broad SMARTS) is 1. The van der Waals surface area contributed by atoms with Crippen molar-refractivity contribution < 1.29 is 9.90 Å². The third-order valence-corrected chi connectivity index (χ3v) is 4.15. The minimum atomic E-state index is -0.742. The highest BCUT2D eigenvalue weighted by atomic mass is 35.5. The van der Waals surface area contributed by atoms with Crippen LogP contribution in [0.1, 0.15) is 18.4 Å². The first-order chi connectivity index (χ1) is 9.66. The van der Waals surface area contributed by atoms with Gasteiger partial charge in [-0.3, -0.25) is 14.7 Å². The molecule has 0 saturated carbocycles. The number of likely N-dealkylation sites (tertiary alicyclic amines) is 1. The fourth-order valence-corrected chi connectivity index (χ4v) is 3.05. The Morgan fingerprint density at radius 2 is 2.30 bits per heavy atom. The Morgan fingerprint density at radius 3 is 3.10 bits per heavy atom. The number of aromatic nitrogens is 1. The van der Waals surface area contributed by atoms with Crippen molar-refractivity contribution in [3.8, 4) is 0 Å². The second-order valence-corrected chi connectivity index (χ2v) is 5.48. The number of rotatable bonds is 3. The maximum absolute atomic E-state index is 11.2. The van der Waals surface area contributed by atoms with Crippen LogP contribution in [0.2, 0.25) is 5.02 Å². The number of pyridine rings is 1. The zero-order chi connectivity index (χ0) is 14.1. The van der Waals surface area contributed by atoms with Crippen LogP contribution < -0.4 is 0 Å². The number of aliphatic carboxylic acids is 1. The molecule has 0 bridgehead atoms. The zero-order valence-electron chi connectivity index (χ0n) is 10.9. The number of nitrogens with zero attached hydrogens (tertiary/aromatic N) is 2. The van der Waals surface area contributed by atoms with Crippen LogP contribution in [-0.2, 0) is 11.3 Å². The Labute approximate surface area is 122 Å². The highest BCUT2D eigenvalue weighted by Crippen LogP contribution is 2.27. The van der Waals surface area contributed by atoms with Gasteiger partial charge in [0.1, 0.15) is 6.04 Å². The molecule has 4 nitrogen and oxygen atoms in total. The summed E-state index contributed by atoms with van der Waals surface area (Å²) < 4.78 is 0. The van der Waals surface area contributed by atoms with Crippen LogP contribution in [0.3, 0.4) is 0 Å². The molecule has 0 radical (unpaired) electrons. The summed E-state index contributed by atoms with van der Waals surface area (Å²) in [6.45, 7) is 1.41. The molecule has 1 aliphatic heterocycles. The van der Waals surface area contributed by atoms with Gasteiger partial charge in [0.15, 0.2) is 0 Å². The van der Waals surface area contributed by atoms with E-state index in [0.717, 1.165) is 29.4 Å². The normalized spacial score (nSPS) is 19.6. The fraction of sp³-hybridized carbons (Fsp3) is 0.333. The molecule has 3 rings (SSSR count). The summed E-state index contributed by atoms with van der Waals surface area (Å²) in [5.74, 6) is -0.742. The maximum atomic E-state index is 11.2. The van der Waals surface area contributed by atoms with Crippen LogP contribution in [0.15, 0.2) is 30.5 Å². The van der Waals surface area contributed by atoms with Crippen molar-refractivity contribution in [1.82, 2.24) is 9.88 Å². The van der Waals surface area contributed by atoms with Crippen molar-refractivity contribution >= 4 is 28.5 Å². The van der Waals surface area contributed by atoms with E-state index < -0.39 is 5.97 Å². The van der Waals surface area contributed by atoms with E-state index in [1.165, 1.54) is 0 Å². The molecule has 2 heterocycles. The molecule has 1 atom stereocenters. The van der Waals surface area contributed by atoms with E-state index in [1.54, 1.807) is 6.20 Å². The van der Waals surface area contributed by atoms with Crippen LogP contribution in [0.5, 0.6) is 0 Å². The maximum Gasteiger partial charge on any atom is 0.320 e. The van der Waals surface area contributed by atoms with Crippen LogP contribution >= 0.6 is 11.6 Å². The largest absolute Gasteiger partial charge is 0.480 e. The van der Waals surface area contributed by atoms with E-state index in [9.17, 15) is 9.90 Å². The van der Waals surface area contributed by atoms with Crippen molar-refractivity contribution in [2.45, 2.75) is 25.4 Å². The first-order valence-corrected chi connectivity index (χ1v) is 7.03. The Hall–Kier alpha value is -1.65. The molecule has 0 aliphatic carbocycles. The molecule has 104 valence electrons. The summed E-state index contributed by atoms with van der Waals surface area (Å²) in [7, 11) is 0. The first-order valence-electron chi connectivity index (χ1n) is 6.66. The van der Waals surface area contributed by atoms with E-state index in [4.69, 9.17) is 11.6 Å². The van der Waals surface area contributed by atoms with Crippen LogP contribution in [0.25, 0.3) is 10.9 Å². The number of benzene rings is 1. The molecule has 1 saturated heterocycles. The van der Waals surface area contributed by atoms with Gasteiger partial charge in [0, 0.05) is 23.2 Å². The highest BCUT2D eigenvalue weighted by Gasteiger charge is 2.30. The van der Waals surface area contributed by atoms with E-state index in [-0.39, 0.29) is 6.04 Å². The molecule has 2 aromatic rings. The van der Waals surface area contributed by atoms with E-state index >= 15 is 0 Å². The van der Waals surface area contributed by atoms with Gasteiger partial charge in [0.05, 0.1) is 5.52 Å². The zero-order valence-corrected chi connectivity index (χ0v) is 11.7. The first kappa shape index (κ1) is 13.3. The molecule has 0 amide bonds. The summed E-state index contributed by atoms with van der Waals surface area (Å²) in [6, 6.07) is 7.20. The van der Waals surface area contributed by atoms with Crippen molar-refractivity contribution in [2.75, 3.05) is 6.54 Å². The number of halogens is 1. The molecule has 0 unspecified atom stereocenters. The Morgan fingerprint density at radius 1 is 1.45 bits per heavy atom. The molecule has 5 heteroatoms. The smallest absolute Gasteiger partial charge is 0.320 e. The van der Waals surface area contributed by atoms with E-state index in [2.05, 4.69) is 4.98 Å². The van der Waals surface area contributed by atoms with Crippen LogP contribution in [-0.4, -0.2) is 33.5 Å². The predicted molar refractivity (Wildman–Crippen MR) is 77.8 cm³/mol. The van der Waals surface area contributed by atoms with Crippen LogP contribution in [0, 0.1) is 0 Å². The van der Waals surface area contributed by atoms with Gasteiger partial charge >= 0.3 is 5.97 Å². The standard InChI is InChI=1S/C15H15ClN2O2/c16-12-6-5-10(14-11(12)3-1-7-17-14)9-18-8-2-4-13(18)15(19)20/h1,3,5-7,13H,2,4,8-9H2,(H,19,20)/t13-/m1/s1. The van der Waals surface area contributed by atoms with Gasteiger partial charge in [-0.25, -0.2) is 0 Å². The Balaban J connectivity index is 1.95. The van der Waals surface area contributed by atoms with Gasteiger partial charge in [-0.15, -0.1) is 0 Å². The minimum absolute atomic E-state index is 0.385. The average molecular weight is 291 g/mol. The number of hydrogen-bond acceptors (Lipinski definition) is 3. The minimum Gasteiger partial charge on any atom is -0.480 e. The van der Waals surface area contributed by atoms with Gasteiger partial charge in [0.25, 0.3) is 0 Å². The number of fused-ring (bicyclic) bond motifs is 1. The molecule has 20 heavy (non-hydrogen) atoms. The Bertz CT molecular complexity index is 659. The molecule has 1 aliphatic rings. The summed E-state index contributed by atoms with van der Waals surface area (Å²) in [5.41, 5.74) is 1.88. The summed E-state index contributed by atoms with van der Waals surface area (Å²) in [6.07, 6.45) is 3.38. The number of carboxylic acids is 1. The van der Waals surface area contributed by atoms with Gasteiger partial charge in [-0.2, -0.15) is 0 Å². The third kappa shape index (κ3) is 2.37. The number of carbonyl (C=O) groups is 1. The third-order valence-electron chi connectivity index (χ3n) is 3.82. The van der Waals surface area contributed by atoms with Gasteiger partial charge in [-0.1, -0.05) is 17.7 Å². The molecular weight excluding hydrogens is 276 g/mol. The second kappa shape index (κ2) is 5.38. The monoisotopic (exact) mass is 290 g/mol. The van der Waals surface area contributed by atoms with E-state index in [0.29, 0.717) is 18.0 Å². The fourth-order valence-electron chi connectivity index (χ4n) is 2.84. The van der Waals surface area contributed by atoms with Gasteiger partial charge in [-0.05, 0) is 43.1 Å². The summed E-state index contributed by atoms with van der Waals surface area (Å²) >= 11 is 6.18. The molecule has 1 aromatic heterocycles. The Kier molecular flexibility index (Phi) is 3.59. The average Bonchev–Trinajstić information content (AvgIpc) is 2.91. The lowest BCUT2D eigenvalue weighted by atomic mass is 10.1. The summed E-state index contributed by atoms with van der Waals surface area (Å²) in [4.78, 5) is 17.6. The molecular formula is C15H15ClN2O2. The quantitative estimate of drug-likeness (QED) is 0.944. The van der Waals surface area contributed by atoms with Crippen LogP contribution in [0.4, 0.5) is 0 Å². The SMILES string of the molecule is O=C(O)[C@H]1CCCN1Cc1ccc(Cl)c2cccnc12. The van der Waals surface area contributed by atoms with Gasteiger partial charge < -0.3 is 5.11 Å². The number of hydrogen-bond donors (Lipinski definition) is 1. The van der Waals surface area contributed by atoms with Crippen molar-refractivity contribution in [1.29, 1.82) is 0 Å². The lowest BCUT2D eigenvalue weighted by molar-refractivity contribution is -0.142. The molecule has 1 fully saturated rings. The molecule has 1 N–H and O–H groups in total. The van der Waals surface area contributed by atoms with E-state index in [1.807, 2.05) is 29.2 Å². The molecule has 0 spiro atoms.